The van der Waals surface area contributed by atoms with Gasteiger partial charge in [0.1, 0.15) is 4.99 Å². The van der Waals surface area contributed by atoms with Crippen molar-refractivity contribution in [2.45, 2.75) is 6.92 Å². The molecule has 0 unspecified atom stereocenters. The Morgan fingerprint density at radius 3 is 2.79 bits per heavy atom. The van der Waals surface area contributed by atoms with Crippen molar-refractivity contribution in [3.05, 3.63) is 50.1 Å². The van der Waals surface area contributed by atoms with Crippen molar-refractivity contribution in [1.82, 2.24) is 0 Å². The van der Waals surface area contributed by atoms with Crippen LogP contribution in [0.15, 0.2) is 33.4 Å². The maximum absolute atomic E-state index is 12.1. The van der Waals surface area contributed by atoms with Crippen LogP contribution in [0.1, 0.15) is 21.5 Å². The third-order valence-electron chi connectivity index (χ3n) is 2.60. The van der Waals surface area contributed by atoms with Crippen LogP contribution in [0, 0.1) is 6.92 Å². The van der Waals surface area contributed by atoms with Crippen LogP contribution >= 0.6 is 39.5 Å². The number of thiocarbonyl (C=S) groups is 1. The molecule has 0 radical (unpaired) electrons. The smallest absolute Gasteiger partial charge is 0.256 e. The van der Waals surface area contributed by atoms with Gasteiger partial charge in [0.15, 0.2) is 0 Å². The predicted molar refractivity (Wildman–Crippen MR) is 87.0 cm³/mol. The number of aryl methyl sites for hydroxylation is 1. The molecule has 98 valence electrons. The number of rotatable bonds is 3. The average Bonchev–Trinajstić information content (AvgIpc) is 2.75. The molecule has 0 aliphatic carbocycles. The number of thiophene rings is 1. The summed E-state index contributed by atoms with van der Waals surface area (Å²) in [6, 6.07) is 7.33. The summed E-state index contributed by atoms with van der Waals surface area (Å²) >= 11 is 9.83. The van der Waals surface area contributed by atoms with Crippen LogP contribution in [-0.4, -0.2) is 10.9 Å². The minimum atomic E-state index is -0.176. The number of nitrogens with two attached hydrogens (primary N) is 1. The van der Waals surface area contributed by atoms with Crippen LogP contribution in [0.5, 0.6) is 0 Å². The maximum Gasteiger partial charge on any atom is 0.256 e. The van der Waals surface area contributed by atoms with Crippen molar-refractivity contribution < 1.29 is 4.79 Å². The first-order valence-corrected chi connectivity index (χ1v) is 7.52. The second kappa shape index (κ2) is 5.81. The van der Waals surface area contributed by atoms with Gasteiger partial charge in [-0.25, -0.2) is 0 Å². The molecule has 3 nitrogen and oxygen atoms in total. The molecular formula is C13H11BrN2OS2. The summed E-state index contributed by atoms with van der Waals surface area (Å²) in [5.74, 6) is -0.176. The Bertz CT molecular complexity index is 652. The lowest BCUT2D eigenvalue weighted by atomic mass is 10.1. The zero-order chi connectivity index (χ0) is 14.0. The summed E-state index contributed by atoms with van der Waals surface area (Å²) in [4.78, 5) is 12.4. The van der Waals surface area contributed by atoms with Crippen molar-refractivity contribution in [2.75, 3.05) is 5.32 Å². The van der Waals surface area contributed by atoms with Gasteiger partial charge in [0, 0.05) is 10.9 Å². The molecule has 0 bridgehead atoms. The molecule has 0 aliphatic rings. The van der Waals surface area contributed by atoms with E-state index in [2.05, 4.69) is 21.2 Å². The van der Waals surface area contributed by atoms with Gasteiger partial charge in [-0.3, -0.25) is 4.79 Å². The first-order valence-electron chi connectivity index (χ1n) is 5.44. The normalized spacial score (nSPS) is 10.2. The van der Waals surface area contributed by atoms with E-state index in [9.17, 15) is 4.79 Å². The van der Waals surface area contributed by atoms with Gasteiger partial charge in [-0.05, 0) is 40.5 Å². The van der Waals surface area contributed by atoms with Crippen molar-refractivity contribution in [3.63, 3.8) is 0 Å². The van der Waals surface area contributed by atoms with E-state index in [1.807, 2.05) is 19.1 Å². The van der Waals surface area contributed by atoms with Gasteiger partial charge >= 0.3 is 0 Å². The number of carbonyl (C=O) groups excluding carboxylic acids is 1. The molecule has 1 amide bonds. The van der Waals surface area contributed by atoms with E-state index in [-0.39, 0.29) is 10.9 Å². The molecular weight excluding hydrogens is 344 g/mol. The molecule has 2 rings (SSSR count). The molecule has 0 spiro atoms. The Hall–Kier alpha value is -1.24. The molecule has 1 aromatic heterocycles. The monoisotopic (exact) mass is 354 g/mol. The van der Waals surface area contributed by atoms with E-state index in [1.165, 1.54) is 11.3 Å². The van der Waals surface area contributed by atoms with Crippen molar-refractivity contribution in [3.8, 4) is 0 Å². The molecule has 19 heavy (non-hydrogen) atoms. The molecule has 2 aromatic rings. The molecule has 6 heteroatoms. The lowest BCUT2D eigenvalue weighted by Gasteiger charge is -2.12. The summed E-state index contributed by atoms with van der Waals surface area (Å²) in [5, 5.41) is 4.63. The lowest BCUT2D eigenvalue weighted by Crippen LogP contribution is -2.18. The number of hydrogen-bond acceptors (Lipinski definition) is 3. The lowest BCUT2D eigenvalue weighted by molar-refractivity contribution is 0.102. The largest absolute Gasteiger partial charge is 0.389 e. The van der Waals surface area contributed by atoms with Crippen LogP contribution < -0.4 is 11.1 Å². The van der Waals surface area contributed by atoms with E-state index in [1.54, 1.807) is 17.5 Å². The Kier molecular flexibility index (Phi) is 4.34. The number of nitrogens with one attached hydrogen (secondary N) is 1. The zero-order valence-corrected chi connectivity index (χ0v) is 13.3. The van der Waals surface area contributed by atoms with Crippen molar-refractivity contribution in [1.29, 1.82) is 0 Å². The highest BCUT2D eigenvalue weighted by molar-refractivity contribution is 9.11. The van der Waals surface area contributed by atoms with E-state index in [0.717, 1.165) is 9.35 Å². The fourth-order valence-electron chi connectivity index (χ4n) is 1.72. The third-order valence-corrected chi connectivity index (χ3v) is 4.31. The first-order chi connectivity index (χ1) is 8.99. The number of amides is 1. The predicted octanol–water partition coefficient (Wildman–Crippen LogP) is 3.71. The fraction of sp³-hybridized carbons (Fsp3) is 0.0769. The molecule has 1 aromatic carbocycles. The van der Waals surface area contributed by atoms with Crippen molar-refractivity contribution >= 4 is 56.1 Å². The Balaban J connectivity index is 2.31. The van der Waals surface area contributed by atoms with E-state index >= 15 is 0 Å². The zero-order valence-electron chi connectivity index (χ0n) is 10.1. The van der Waals surface area contributed by atoms with Gasteiger partial charge < -0.3 is 11.1 Å². The maximum atomic E-state index is 12.1. The van der Waals surface area contributed by atoms with E-state index in [4.69, 9.17) is 18.0 Å². The topological polar surface area (TPSA) is 55.1 Å². The molecule has 3 N–H and O–H groups in total. The van der Waals surface area contributed by atoms with E-state index < -0.39 is 0 Å². The van der Waals surface area contributed by atoms with Gasteiger partial charge in [-0.15, -0.1) is 11.3 Å². The summed E-state index contributed by atoms with van der Waals surface area (Å²) in [5.41, 5.74) is 8.60. The molecule has 0 aliphatic heterocycles. The summed E-state index contributed by atoms with van der Waals surface area (Å²) in [6.07, 6.45) is 0. The highest BCUT2D eigenvalue weighted by Crippen LogP contribution is 2.23. The molecule has 0 saturated carbocycles. The number of carbonyl (C=O) groups is 1. The molecule has 0 saturated heterocycles. The number of hydrogen-bond donors (Lipinski definition) is 2. The van der Waals surface area contributed by atoms with Crippen molar-refractivity contribution in [2.24, 2.45) is 5.73 Å². The quantitative estimate of drug-likeness (QED) is 0.826. The number of benzene rings is 1. The molecule has 0 fully saturated rings. The van der Waals surface area contributed by atoms with Crippen LogP contribution in [0.2, 0.25) is 0 Å². The Morgan fingerprint density at radius 1 is 1.47 bits per heavy atom. The fourth-order valence-corrected chi connectivity index (χ4v) is 3.13. The first kappa shape index (κ1) is 14.2. The van der Waals surface area contributed by atoms with E-state index in [0.29, 0.717) is 16.8 Å². The Morgan fingerprint density at radius 2 is 2.21 bits per heavy atom. The molecule has 1 heterocycles. The van der Waals surface area contributed by atoms with Gasteiger partial charge in [-0.1, -0.05) is 24.4 Å². The van der Waals surface area contributed by atoms with Crippen LogP contribution in [0.25, 0.3) is 0 Å². The standard InChI is InChI=1S/C13H11BrN2OS2/c1-7-3-2-4-9(11(7)12(15)18)16-13(17)8-5-10(14)19-6-8/h2-6H,1H3,(H2,15,18)(H,16,17). The summed E-state index contributed by atoms with van der Waals surface area (Å²) in [6.45, 7) is 1.91. The number of anilines is 1. The SMILES string of the molecule is Cc1cccc(NC(=O)c2csc(Br)c2)c1C(N)=S. The van der Waals surface area contributed by atoms with Gasteiger partial charge in [0.25, 0.3) is 5.91 Å². The Labute approximate surface area is 129 Å². The minimum absolute atomic E-state index is 0.176. The number of halogens is 1. The van der Waals surface area contributed by atoms with Crippen LogP contribution in [-0.2, 0) is 0 Å². The second-order valence-electron chi connectivity index (χ2n) is 3.96. The summed E-state index contributed by atoms with van der Waals surface area (Å²) in [7, 11) is 0. The van der Waals surface area contributed by atoms with Crippen LogP contribution in [0.4, 0.5) is 5.69 Å². The van der Waals surface area contributed by atoms with Gasteiger partial charge in [0.05, 0.1) is 15.0 Å². The molecule has 0 atom stereocenters. The second-order valence-corrected chi connectivity index (χ2v) is 6.69. The summed E-state index contributed by atoms with van der Waals surface area (Å²) < 4.78 is 0.913. The minimum Gasteiger partial charge on any atom is -0.389 e. The third kappa shape index (κ3) is 3.20. The van der Waals surface area contributed by atoms with Crippen LogP contribution in [0.3, 0.4) is 0 Å². The van der Waals surface area contributed by atoms with Gasteiger partial charge in [-0.2, -0.15) is 0 Å². The highest BCUT2D eigenvalue weighted by atomic mass is 79.9. The van der Waals surface area contributed by atoms with Gasteiger partial charge in [0.2, 0.25) is 0 Å². The average molecular weight is 355 g/mol. The highest BCUT2D eigenvalue weighted by Gasteiger charge is 2.13.